The SMILES string of the molecule is Cc1cc(SSc2cc(C)nn2-c2ccc(F)cc2)n(-c2ccc(F)cc2)n1. The molecule has 2 aromatic carbocycles. The van der Waals surface area contributed by atoms with Gasteiger partial charge in [0, 0.05) is 0 Å². The lowest BCUT2D eigenvalue weighted by Gasteiger charge is -2.08. The number of hydrogen-bond acceptors (Lipinski definition) is 4. The number of hydrogen-bond donors (Lipinski definition) is 0. The molecule has 8 heteroatoms. The molecule has 0 saturated heterocycles. The molecule has 142 valence electrons. The van der Waals surface area contributed by atoms with Gasteiger partial charge in [-0.15, -0.1) is 0 Å². The molecule has 2 heterocycles. The first-order valence-corrected chi connectivity index (χ1v) is 10.6. The van der Waals surface area contributed by atoms with Crippen LogP contribution in [0.15, 0.2) is 70.7 Å². The summed E-state index contributed by atoms with van der Waals surface area (Å²) < 4.78 is 30.1. The fourth-order valence-electron chi connectivity index (χ4n) is 2.69. The monoisotopic (exact) mass is 414 g/mol. The summed E-state index contributed by atoms with van der Waals surface area (Å²) in [6, 6.07) is 16.4. The van der Waals surface area contributed by atoms with Crippen LogP contribution in [0.1, 0.15) is 11.4 Å². The fourth-order valence-corrected chi connectivity index (χ4v) is 4.96. The van der Waals surface area contributed by atoms with E-state index in [1.807, 2.05) is 26.0 Å². The Morgan fingerprint density at radius 1 is 0.643 bits per heavy atom. The van der Waals surface area contributed by atoms with Gasteiger partial charge in [0.25, 0.3) is 0 Å². The Hall–Kier alpha value is -2.58. The van der Waals surface area contributed by atoms with Crippen molar-refractivity contribution < 1.29 is 8.78 Å². The molecule has 4 aromatic rings. The van der Waals surface area contributed by atoms with Gasteiger partial charge in [0.2, 0.25) is 0 Å². The Balaban J connectivity index is 1.61. The average Bonchev–Trinajstić information content (AvgIpc) is 3.23. The summed E-state index contributed by atoms with van der Waals surface area (Å²) in [5, 5.41) is 10.9. The highest BCUT2D eigenvalue weighted by Gasteiger charge is 2.13. The van der Waals surface area contributed by atoms with Crippen molar-refractivity contribution in [1.29, 1.82) is 0 Å². The van der Waals surface area contributed by atoms with Crippen LogP contribution in [-0.2, 0) is 0 Å². The van der Waals surface area contributed by atoms with Crippen molar-refractivity contribution in [1.82, 2.24) is 19.6 Å². The van der Waals surface area contributed by atoms with E-state index in [9.17, 15) is 8.78 Å². The maximum absolute atomic E-state index is 13.2. The van der Waals surface area contributed by atoms with Gasteiger partial charge in [0.05, 0.1) is 22.8 Å². The van der Waals surface area contributed by atoms with Gasteiger partial charge >= 0.3 is 0 Å². The lowest BCUT2D eigenvalue weighted by molar-refractivity contribution is 0.626. The van der Waals surface area contributed by atoms with Crippen LogP contribution in [0.2, 0.25) is 0 Å². The maximum Gasteiger partial charge on any atom is 0.123 e. The first-order valence-electron chi connectivity index (χ1n) is 8.49. The van der Waals surface area contributed by atoms with Gasteiger partial charge in [-0.1, -0.05) is 0 Å². The van der Waals surface area contributed by atoms with Crippen LogP contribution in [0.3, 0.4) is 0 Å². The van der Waals surface area contributed by atoms with Crippen molar-refractivity contribution in [3.63, 3.8) is 0 Å². The van der Waals surface area contributed by atoms with E-state index in [0.29, 0.717) is 0 Å². The molecule has 0 unspecified atom stereocenters. The number of aromatic nitrogens is 4. The van der Waals surface area contributed by atoms with E-state index in [1.54, 1.807) is 33.6 Å². The van der Waals surface area contributed by atoms with Gasteiger partial charge in [0.1, 0.15) is 21.7 Å². The van der Waals surface area contributed by atoms with Gasteiger partial charge in [-0.25, -0.2) is 18.1 Å². The first-order chi connectivity index (χ1) is 13.5. The molecule has 4 nitrogen and oxygen atoms in total. The van der Waals surface area contributed by atoms with Crippen molar-refractivity contribution in [2.75, 3.05) is 0 Å². The van der Waals surface area contributed by atoms with Crippen molar-refractivity contribution in [2.24, 2.45) is 0 Å². The molecule has 2 aromatic heterocycles. The topological polar surface area (TPSA) is 35.6 Å². The summed E-state index contributed by atoms with van der Waals surface area (Å²) in [6.45, 7) is 3.84. The van der Waals surface area contributed by atoms with E-state index in [4.69, 9.17) is 0 Å². The second-order valence-corrected chi connectivity index (χ2v) is 8.36. The van der Waals surface area contributed by atoms with Crippen LogP contribution < -0.4 is 0 Å². The van der Waals surface area contributed by atoms with Gasteiger partial charge in [0.15, 0.2) is 0 Å². The molecule has 0 N–H and O–H groups in total. The van der Waals surface area contributed by atoms with Crippen LogP contribution in [-0.4, -0.2) is 19.6 Å². The molecule has 0 amide bonds. The van der Waals surface area contributed by atoms with Gasteiger partial charge in [-0.3, -0.25) is 0 Å². The molecule has 0 radical (unpaired) electrons. The molecular formula is C20H16F2N4S2. The first kappa shape index (κ1) is 18.8. The highest BCUT2D eigenvalue weighted by Crippen LogP contribution is 2.39. The van der Waals surface area contributed by atoms with Crippen LogP contribution in [0.5, 0.6) is 0 Å². The predicted octanol–water partition coefficient (Wildman–Crippen LogP) is 5.75. The van der Waals surface area contributed by atoms with E-state index >= 15 is 0 Å². The normalized spacial score (nSPS) is 11.1. The molecule has 0 spiro atoms. The Bertz CT molecular complexity index is 1010. The molecule has 0 aliphatic carbocycles. The van der Waals surface area contributed by atoms with Crippen molar-refractivity contribution >= 4 is 21.6 Å². The van der Waals surface area contributed by atoms with Crippen LogP contribution in [0.25, 0.3) is 11.4 Å². The van der Waals surface area contributed by atoms with Crippen molar-refractivity contribution in [2.45, 2.75) is 23.9 Å². The van der Waals surface area contributed by atoms with E-state index < -0.39 is 0 Å². The molecule has 0 bridgehead atoms. The highest BCUT2D eigenvalue weighted by atomic mass is 33.1. The quantitative estimate of drug-likeness (QED) is 0.390. The highest BCUT2D eigenvalue weighted by molar-refractivity contribution is 8.76. The van der Waals surface area contributed by atoms with E-state index in [-0.39, 0.29) is 11.6 Å². The summed E-state index contributed by atoms with van der Waals surface area (Å²) in [7, 11) is 3.07. The van der Waals surface area contributed by atoms with Crippen LogP contribution in [0, 0.1) is 25.5 Å². The summed E-state index contributed by atoms with van der Waals surface area (Å²) in [5.41, 5.74) is 3.33. The number of rotatable bonds is 5. The lowest BCUT2D eigenvalue weighted by atomic mass is 10.3. The third-order valence-electron chi connectivity index (χ3n) is 3.95. The minimum atomic E-state index is -0.283. The zero-order valence-electron chi connectivity index (χ0n) is 15.1. The number of aryl methyl sites for hydroxylation is 2. The summed E-state index contributed by atoms with van der Waals surface area (Å²) >= 11 is 0. The average molecular weight is 415 g/mol. The Morgan fingerprint density at radius 2 is 1.00 bits per heavy atom. The molecular weight excluding hydrogens is 398 g/mol. The van der Waals surface area contributed by atoms with Crippen molar-refractivity contribution in [3.05, 3.63) is 83.7 Å². The van der Waals surface area contributed by atoms with Crippen LogP contribution >= 0.6 is 21.6 Å². The molecule has 0 aliphatic rings. The van der Waals surface area contributed by atoms with E-state index in [0.717, 1.165) is 32.8 Å². The van der Waals surface area contributed by atoms with Gasteiger partial charge in [-0.05, 0) is 96.1 Å². The van der Waals surface area contributed by atoms with Crippen LogP contribution in [0.4, 0.5) is 8.78 Å². The Morgan fingerprint density at radius 3 is 1.36 bits per heavy atom. The summed E-state index contributed by atoms with van der Waals surface area (Å²) in [5.74, 6) is -0.565. The number of nitrogens with zero attached hydrogens (tertiary/aromatic N) is 4. The smallest absolute Gasteiger partial charge is 0.123 e. The second kappa shape index (κ2) is 7.81. The van der Waals surface area contributed by atoms with E-state index in [2.05, 4.69) is 10.2 Å². The minimum Gasteiger partial charge on any atom is -0.226 e. The maximum atomic E-state index is 13.2. The summed E-state index contributed by atoms with van der Waals surface area (Å²) in [4.78, 5) is 0. The molecule has 28 heavy (non-hydrogen) atoms. The fraction of sp³-hybridized carbons (Fsp3) is 0.100. The zero-order valence-corrected chi connectivity index (χ0v) is 16.8. The Kier molecular flexibility index (Phi) is 5.23. The largest absolute Gasteiger partial charge is 0.226 e. The molecule has 0 atom stereocenters. The number of halogens is 2. The molecule has 0 aliphatic heterocycles. The number of benzene rings is 2. The predicted molar refractivity (Wildman–Crippen MR) is 108 cm³/mol. The standard InChI is InChI=1S/C20H16F2N4S2/c1-13-11-19(25(23-13)17-7-3-15(21)4-8-17)27-28-20-12-14(2)24-26(20)18-9-5-16(22)6-10-18/h3-12H,1-2H3. The third kappa shape index (κ3) is 3.98. The Labute approximate surface area is 169 Å². The van der Waals surface area contributed by atoms with E-state index in [1.165, 1.54) is 45.9 Å². The summed E-state index contributed by atoms with van der Waals surface area (Å²) in [6.07, 6.45) is 0. The van der Waals surface area contributed by atoms with Gasteiger partial charge in [-0.2, -0.15) is 10.2 Å². The third-order valence-corrected chi connectivity index (χ3v) is 6.23. The minimum absolute atomic E-state index is 0.283. The lowest BCUT2D eigenvalue weighted by Crippen LogP contribution is -1.99. The second-order valence-electron chi connectivity index (χ2n) is 6.19. The van der Waals surface area contributed by atoms with Crippen molar-refractivity contribution in [3.8, 4) is 11.4 Å². The molecule has 0 fully saturated rings. The molecule has 0 saturated carbocycles. The van der Waals surface area contributed by atoms with Gasteiger partial charge < -0.3 is 0 Å². The molecule has 4 rings (SSSR count). The zero-order chi connectivity index (χ0) is 19.7.